The maximum Gasteiger partial charge on any atom is 0.328 e. The lowest BCUT2D eigenvalue weighted by molar-refractivity contribution is -0.148. The molecule has 0 aromatic carbocycles. The molecule has 0 spiro atoms. The smallest absolute Gasteiger partial charge is 0.328 e. The minimum absolute atomic E-state index is 0.321. The first-order chi connectivity index (χ1) is 10.8. The minimum Gasteiger partial charge on any atom is -0.467 e. The van der Waals surface area contributed by atoms with E-state index in [1.165, 1.54) is 14.0 Å². The fourth-order valence-corrected chi connectivity index (χ4v) is 3.59. The van der Waals surface area contributed by atoms with Gasteiger partial charge in [-0.25, -0.2) is 4.79 Å². The molecule has 2 rings (SSSR count). The van der Waals surface area contributed by atoms with Gasteiger partial charge in [-0.15, -0.1) is 0 Å². The molecule has 1 fully saturated rings. The Balaban J connectivity index is 2.34. The number of hydrogen-bond donors (Lipinski definition) is 0. The molecule has 0 bridgehead atoms. The Kier molecular flexibility index (Phi) is 4.99. The van der Waals surface area contributed by atoms with Gasteiger partial charge in [-0.2, -0.15) is 0 Å². The molecule has 0 unspecified atom stereocenters. The predicted molar refractivity (Wildman–Crippen MR) is 88.9 cm³/mol. The lowest BCUT2D eigenvalue weighted by atomic mass is 10.2. The molecule has 1 atom stereocenters. The second-order valence-corrected chi connectivity index (χ2v) is 6.31. The highest BCUT2D eigenvalue weighted by molar-refractivity contribution is 8.18. The molecule has 1 aliphatic heterocycles. The molecule has 0 saturated carbocycles. The Bertz CT molecular complexity index is 705. The van der Waals surface area contributed by atoms with Gasteiger partial charge in [-0.05, 0) is 57.2 Å². The van der Waals surface area contributed by atoms with Crippen molar-refractivity contribution < 1.29 is 19.1 Å². The first-order valence-electron chi connectivity index (χ1n) is 7.33. The first-order valence-corrected chi connectivity index (χ1v) is 8.15. The molecule has 1 aromatic rings. The molecule has 124 valence electrons. The summed E-state index contributed by atoms with van der Waals surface area (Å²) in [5.74, 6) is -1.07. The number of carbonyl (C=O) groups is 3. The van der Waals surface area contributed by atoms with E-state index in [1.807, 2.05) is 19.9 Å². The number of esters is 1. The van der Waals surface area contributed by atoms with Gasteiger partial charge in [0.05, 0.1) is 12.0 Å². The molecule has 2 amide bonds. The molecule has 1 aliphatic rings. The molecular weight excluding hydrogens is 316 g/mol. The van der Waals surface area contributed by atoms with Crippen LogP contribution in [0.5, 0.6) is 0 Å². The number of rotatable bonds is 4. The minimum atomic E-state index is -0.929. The van der Waals surface area contributed by atoms with E-state index in [0.717, 1.165) is 40.2 Å². The van der Waals surface area contributed by atoms with Gasteiger partial charge in [0.2, 0.25) is 0 Å². The summed E-state index contributed by atoms with van der Waals surface area (Å²) in [4.78, 5) is 37.4. The molecule has 7 heteroatoms. The number of amides is 2. The summed E-state index contributed by atoms with van der Waals surface area (Å²) >= 11 is 0.846. The normalized spacial score (nSPS) is 18.0. The zero-order valence-corrected chi connectivity index (χ0v) is 14.7. The van der Waals surface area contributed by atoms with E-state index in [2.05, 4.69) is 16.2 Å². The summed E-state index contributed by atoms with van der Waals surface area (Å²) in [6, 6.07) is 1.05. The largest absolute Gasteiger partial charge is 0.467 e. The quantitative estimate of drug-likeness (QED) is 0.625. The van der Waals surface area contributed by atoms with Gasteiger partial charge in [-0.1, -0.05) is 0 Å². The number of aromatic nitrogens is 1. The van der Waals surface area contributed by atoms with E-state index in [4.69, 9.17) is 0 Å². The van der Waals surface area contributed by atoms with Gasteiger partial charge in [0.15, 0.2) is 0 Å². The molecule has 0 radical (unpaired) electrons. The van der Waals surface area contributed by atoms with E-state index < -0.39 is 23.2 Å². The van der Waals surface area contributed by atoms with Crippen LogP contribution >= 0.6 is 11.8 Å². The van der Waals surface area contributed by atoms with Crippen LogP contribution < -0.4 is 0 Å². The predicted octanol–water partition coefficient (Wildman–Crippen LogP) is 2.72. The van der Waals surface area contributed by atoms with Crippen LogP contribution in [0.25, 0.3) is 6.08 Å². The fraction of sp³-hybridized carbons (Fsp3) is 0.438. The van der Waals surface area contributed by atoms with E-state index in [9.17, 15) is 14.4 Å². The average molecular weight is 336 g/mol. The summed E-state index contributed by atoms with van der Waals surface area (Å²) in [5, 5.41) is -0.455. The SMILES string of the molecule is CCn1c(C)cc(/C=C2\SC(=O)N([C@@H](C)C(=O)OC)C2=O)c1C. The Morgan fingerprint density at radius 3 is 2.57 bits per heavy atom. The van der Waals surface area contributed by atoms with E-state index >= 15 is 0 Å². The summed E-state index contributed by atoms with van der Waals surface area (Å²) in [7, 11) is 1.23. The van der Waals surface area contributed by atoms with Crippen molar-refractivity contribution in [2.24, 2.45) is 0 Å². The van der Waals surface area contributed by atoms with Gasteiger partial charge >= 0.3 is 5.97 Å². The first kappa shape index (κ1) is 17.3. The summed E-state index contributed by atoms with van der Waals surface area (Å²) in [6.45, 7) is 8.35. The highest BCUT2D eigenvalue weighted by Crippen LogP contribution is 2.34. The third-order valence-electron chi connectivity index (χ3n) is 3.97. The van der Waals surface area contributed by atoms with Crippen molar-refractivity contribution in [1.82, 2.24) is 9.47 Å². The Morgan fingerprint density at radius 1 is 1.39 bits per heavy atom. The second-order valence-electron chi connectivity index (χ2n) is 5.32. The number of carbonyl (C=O) groups excluding carboxylic acids is 3. The lowest BCUT2D eigenvalue weighted by Crippen LogP contribution is -2.42. The van der Waals surface area contributed by atoms with E-state index in [1.54, 1.807) is 6.08 Å². The van der Waals surface area contributed by atoms with Gasteiger partial charge < -0.3 is 9.30 Å². The van der Waals surface area contributed by atoms with Crippen LogP contribution in [0.2, 0.25) is 0 Å². The molecule has 6 nitrogen and oxygen atoms in total. The highest BCUT2D eigenvalue weighted by Gasteiger charge is 2.41. The monoisotopic (exact) mass is 336 g/mol. The van der Waals surface area contributed by atoms with E-state index in [-0.39, 0.29) is 0 Å². The molecule has 0 aliphatic carbocycles. The number of aryl methyl sites for hydroxylation is 1. The molecule has 2 heterocycles. The molecule has 0 N–H and O–H groups in total. The molecule has 23 heavy (non-hydrogen) atoms. The van der Waals surface area contributed by atoms with Gasteiger partial charge in [-0.3, -0.25) is 14.5 Å². The maximum absolute atomic E-state index is 12.5. The lowest BCUT2D eigenvalue weighted by Gasteiger charge is -2.18. The van der Waals surface area contributed by atoms with Crippen molar-refractivity contribution in [3.05, 3.63) is 27.9 Å². The van der Waals surface area contributed by atoms with Crippen molar-refractivity contribution in [3.63, 3.8) is 0 Å². The van der Waals surface area contributed by atoms with Crippen LogP contribution in [0, 0.1) is 13.8 Å². The zero-order valence-electron chi connectivity index (χ0n) is 13.9. The molecule has 1 aromatic heterocycles. The summed E-state index contributed by atoms with van der Waals surface area (Å²) in [6.07, 6.45) is 1.71. The van der Waals surface area contributed by atoms with Crippen LogP contribution in [0.4, 0.5) is 4.79 Å². The Labute approximate surface area is 139 Å². The number of ether oxygens (including phenoxy) is 1. The van der Waals surface area contributed by atoms with Crippen molar-refractivity contribution >= 4 is 35.0 Å². The van der Waals surface area contributed by atoms with Crippen molar-refractivity contribution in [2.45, 2.75) is 40.3 Å². The number of nitrogens with zero attached hydrogens (tertiary/aromatic N) is 2. The van der Waals surface area contributed by atoms with Crippen molar-refractivity contribution in [2.75, 3.05) is 7.11 Å². The van der Waals surface area contributed by atoms with Gasteiger partial charge in [0.25, 0.3) is 11.1 Å². The van der Waals surface area contributed by atoms with Crippen LogP contribution in [-0.2, 0) is 20.9 Å². The van der Waals surface area contributed by atoms with Crippen molar-refractivity contribution in [3.8, 4) is 0 Å². The number of thioether (sulfide) groups is 1. The second kappa shape index (κ2) is 6.62. The van der Waals surface area contributed by atoms with Crippen molar-refractivity contribution in [1.29, 1.82) is 0 Å². The van der Waals surface area contributed by atoms with Crippen LogP contribution in [-0.4, -0.2) is 39.7 Å². The summed E-state index contributed by atoms with van der Waals surface area (Å²) < 4.78 is 6.74. The topological polar surface area (TPSA) is 68.6 Å². The standard InChI is InChI=1S/C16H20N2O4S/c1-6-17-9(2)7-12(10(17)3)8-13-14(19)18(16(21)23-13)11(4)15(20)22-5/h7-8,11H,6H2,1-5H3/b13-8-/t11-/m0/s1. The van der Waals surface area contributed by atoms with Crippen LogP contribution in [0.15, 0.2) is 11.0 Å². The summed E-state index contributed by atoms with van der Waals surface area (Å²) in [5.41, 5.74) is 3.04. The number of hydrogen-bond acceptors (Lipinski definition) is 5. The Morgan fingerprint density at radius 2 is 2.04 bits per heavy atom. The van der Waals surface area contributed by atoms with Gasteiger partial charge in [0, 0.05) is 17.9 Å². The molecular formula is C16H20N2O4S. The van der Waals surface area contributed by atoms with Crippen LogP contribution in [0.1, 0.15) is 30.8 Å². The number of imide groups is 1. The molecule has 1 saturated heterocycles. The third kappa shape index (κ3) is 3.06. The maximum atomic E-state index is 12.5. The van der Waals surface area contributed by atoms with E-state index in [0.29, 0.717) is 4.91 Å². The third-order valence-corrected chi connectivity index (χ3v) is 4.85. The highest BCUT2D eigenvalue weighted by atomic mass is 32.2. The van der Waals surface area contributed by atoms with Crippen LogP contribution in [0.3, 0.4) is 0 Å². The zero-order chi connectivity index (χ0) is 17.3. The number of methoxy groups -OCH3 is 1. The fourth-order valence-electron chi connectivity index (χ4n) is 2.69. The average Bonchev–Trinajstić information content (AvgIpc) is 2.94. The van der Waals surface area contributed by atoms with Gasteiger partial charge in [0.1, 0.15) is 6.04 Å². The Hall–Kier alpha value is -2.02.